The van der Waals surface area contributed by atoms with Gasteiger partial charge in [0.25, 0.3) is 42.8 Å². The summed E-state index contributed by atoms with van der Waals surface area (Å²) in [6.07, 6.45) is -18.3. The Labute approximate surface area is 473 Å². The number of phosphoric ester groups is 3. The van der Waals surface area contributed by atoms with Gasteiger partial charge in [0.15, 0.2) is 58.7 Å². The molecule has 3 aliphatic heterocycles. The summed E-state index contributed by atoms with van der Waals surface area (Å²) in [6.45, 7) is -2.48. The second-order valence-corrected chi connectivity index (χ2v) is 24.7. The molecule has 11 rings (SSSR count). The molecule has 0 bridgehead atoms. The maximum Gasteiger partial charge on any atom is 0.309 e. The van der Waals surface area contributed by atoms with Crippen molar-refractivity contribution < 1.29 is 114 Å². The number of nitrogens with zero attached hydrogens (tertiary/aromatic N) is 11. The standard InChI is InChI=1S/C42H49N15O24P4/c1-54-16-57(34-24(54)36(63)53-42(44)51-34)38-26(59)25(58)20(75-38)11-73-82(64,65)80-85(70,71)81-83(66,67)74-12-21-29(78-84(68,69)79-40-28(61)27(60)37(77-40)56-15-49-23-33(56)50-41(43)52-35(23)62)30(72-2)39(76-21)55-14-48-22-31(46-13-47-32(22)55)45-10-18-8-5-7-17-6-3-4-9-19(17)18/h3-9,13-16,20-21,25-30,37-40,58-61H,10-12H2,1-2H3,(H10-,43,44,45,46,47,50,51,52,53,62,63,64,65,66,67,68,69,70,71)/p-4/t20-,21-,25?,26?,27?,28-,29+,30?,37-,38-,39-,40-/m1/s1. The highest BCUT2D eigenvalue weighted by molar-refractivity contribution is 7.65. The number of nitrogens with one attached hydrogen (secondary N) is 2. The van der Waals surface area contributed by atoms with Crippen molar-refractivity contribution in [2.75, 3.05) is 37.1 Å². The van der Waals surface area contributed by atoms with Crippen LogP contribution in [-0.4, -0.2) is 149 Å². The van der Waals surface area contributed by atoms with Gasteiger partial charge >= 0.3 is 5.65 Å². The molecule has 8 aromatic rings. The number of imidazole rings is 3. The second kappa shape index (κ2) is 23.0. The molecule has 0 saturated carbocycles. The maximum atomic E-state index is 13.9. The first-order chi connectivity index (χ1) is 40.2. The Hall–Kier alpha value is -6.45. The summed E-state index contributed by atoms with van der Waals surface area (Å²) < 4.78 is 108. The van der Waals surface area contributed by atoms with Crippen molar-refractivity contribution in [1.82, 2.24) is 53.6 Å². The van der Waals surface area contributed by atoms with E-state index in [1.54, 1.807) is 0 Å². The molecule has 0 spiro atoms. The van der Waals surface area contributed by atoms with E-state index in [1.165, 1.54) is 28.8 Å². The van der Waals surface area contributed by atoms with Gasteiger partial charge in [-0.25, -0.2) is 38.1 Å². The zero-order valence-corrected chi connectivity index (χ0v) is 46.8. The summed E-state index contributed by atoms with van der Waals surface area (Å²) in [4.78, 5) is 95.9. The van der Waals surface area contributed by atoms with Gasteiger partial charge in [-0.3, -0.25) is 46.3 Å². The van der Waals surface area contributed by atoms with Crippen LogP contribution in [0.4, 0.5) is 17.7 Å². The van der Waals surface area contributed by atoms with E-state index in [9.17, 15) is 68.2 Å². The molecule has 10 N–H and O–H groups in total. The smallest absolute Gasteiger partial charge is 0.309 e. The van der Waals surface area contributed by atoms with Gasteiger partial charge in [0, 0.05) is 19.5 Å². The van der Waals surface area contributed by atoms with Gasteiger partial charge in [0.05, 0.1) is 32.9 Å². The van der Waals surface area contributed by atoms with E-state index >= 15 is 0 Å². The molecule has 43 heteroatoms. The second-order valence-electron chi connectivity index (χ2n) is 18.9. The van der Waals surface area contributed by atoms with Gasteiger partial charge in [-0.15, -0.1) is 0 Å². The lowest BCUT2D eigenvalue weighted by atomic mass is 10.0. The van der Waals surface area contributed by atoms with Gasteiger partial charge in [-0.1, -0.05) is 47.4 Å². The van der Waals surface area contributed by atoms with Gasteiger partial charge in [0.1, 0.15) is 55.2 Å². The Balaban J connectivity index is 0.799. The average molecular weight is 1270 g/mol. The Morgan fingerprint density at radius 2 is 1.42 bits per heavy atom. The number of H-pyrrole nitrogens is 1. The Bertz CT molecular complexity index is 4110. The summed E-state index contributed by atoms with van der Waals surface area (Å²) in [5.74, 6) is -1.45. The number of hydrogen-bond donors (Lipinski definition) is 8. The van der Waals surface area contributed by atoms with Gasteiger partial charge in [-0.05, 0) is 16.3 Å². The normalized spacial score (nSPS) is 28.3. The van der Waals surface area contributed by atoms with Crippen molar-refractivity contribution in [2.24, 2.45) is 7.05 Å². The van der Waals surface area contributed by atoms with Crippen molar-refractivity contribution in [3.8, 4) is 5.88 Å². The highest BCUT2D eigenvalue weighted by Gasteiger charge is 2.52. The third kappa shape index (κ3) is 12.1. The van der Waals surface area contributed by atoms with E-state index in [4.69, 9.17) is 44.0 Å². The van der Waals surface area contributed by atoms with Gasteiger partial charge < -0.3 is 94.4 Å². The number of nitrogen functional groups attached to an aromatic ring is 2. The molecule has 456 valence electrons. The van der Waals surface area contributed by atoms with E-state index in [-0.39, 0.29) is 51.8 Å². The number of hydrogen-bond acceptors (Lipinski definition) is 34. The molecular weight excluding hydrogens is 1220 g/mol. The molecule has 6 aromatic heterocycles. The van der Waals surface area contributed by atoms with Gasteiger partial charge in [0.2, 0.25) is 12.2 Å². The van der Waals surface area contributed by atoms with Crippen LogP contribution in [0.3, 0.4) is 0 Å². The van der Waals surface area contributed by atoms with Gasteiger partial charge in [-0.2, -0.15) is 4.98 Å². The third-order valence-electron chi connectivity index (χ3n) is 13.5. The lowest BCUT2D eigenvalue weighted by molar-refractivity contribution is -0.745. The molecule has 39 nitrogen and oxygen atoms in total. The maximum absolute atomic E-state index is 13.9. The number of methoxy groups -OCH3 is 1. The van der Waals surface area contributed by atoms with Crippen LogP contribution < -0.4 is 51.6 Å². The molecule has 16 atom stereocenters. The monoisotopic (exact) mass is 1270 g/mol. The van der Waals surface area contributed by atoms with Crippen molar-refractivity contribution in [3.05, 3.63) is 83.7 Å². The first-order valence-electron chi connectivity index (χ1n) is 24.6. The van der Waals surface area contributed by atoms with Crippen molar-refractivity contribution in [2.45, 2.75) is 80.4 Å². The summed E-state index contributed by atoms with van der Waals surface area (Å²) in [7, 11) is -22.8. The number of aromatic amines is 1. The quantitative estimate of drug-likeness (QED) is 0.0249. The SMILES string of the molecule is COC1[C@@H](OP(=O)([O-])O[C@H]2O[C@@H](n3cnc4c(=O)[nH]c(N)nc43)C(O)[C@H]2O)[C@@H](COP(=O)([O-])OP(=O)([O-])OP(=O)([O-])OC[C@H]2O[C@@H]([n+]3cn(C)c4c([O-])nc(N)nc43)C(O)C2O)O[C@H]1n1cnc2c(NCc3cccc4ccccc34)ncnc21. The molecule has 8 unspecified atom stereocenters. The summed E-state index contributed by atoms with van der Waals surface area (Å²) >= 11 is 0. The fourth-order valence-corrected chi connectivity index (χ4v) is 14.2. The summed E-state index contributed by atoms with van der Waals surface area (Å²) in [6, 6.07) is 13.3. The highest BCUT2D eigenvalue weighted by atomic mass is 31.3. The van der Waals surface area contributed by atoms with E-state index in [1.807, 2.05) is 42.5 Å². The zero-order valence-electron chi connectivity index (χ0n) is 43.2. The lowest BCUT2D eigenvalue weighted by Gasteiger charge is -2.35. The van der Waals surface area contributed by atoms with E-state index in [2.05, 4.69) is 58.3 Å². The number of aliphatic hydroxyl groups excluding tert-OH is 4. The number of ether oxygens (including phenoxy) is 4. The van der Waals surface area contributed by atoms with Crippen molar-refractivity contribution >= 4 is 93.3 Å². The average Bonchev–Trinajstić information content (AvgIpc) is 1.92. The molecule has 0 aliphatic carbocycles. The predicted octanol–water partition coefficient (Wildman–Crippen LogP) is -4.32. The third-order valence-corrected chi connectivity index (χ3v) is 18.6. The van der Waals surface area contributed by atoms with E-state index in [0.29, 0.717) is 0 Å². The molecule has 0 amide bonds. The minimum atomic E-state index is -6.64. The number of benzene rings is 2. The number of rotatable bonds is 21. The first-order valence-corrected chi connectivity index (χ1v) is 30.4. The fourth-order valence-electron chi connectivity index (χ4n) is 9.76. The largest absolute Gasteiger partial charge is 0.856 e. The molecule has 0 radical (unpaired) electrons. The Morgan fingerprint density at radius 1 is 0.741 bits per heavy atom. The molecule has 2 aromatic carbocycles. The van der Waals surface area contributed by atoms with E-state index < -0.39 is 136 Å². The number of aliphatic hydroxyl groups is 4. The zero-order chi connectivity index (χ0) is 60.7. The minimum absolute atomic E-state index is 0.0111. The number of anilines is 3. The fraction of sp³-hybridized carbons (Fsp3) is 0.405. The molecule has 3 aliphatic rings. The number of fused-ring (bicyclic) bond motifs is 4. The van der Waals surface area contributed by atoms with Crippen LogP contribution in [0.25, 0.3) is 44.3 Å². The Morgan fingerprint density at radius 3 is 2.15 bits per heavy atom. The highest BCUT2D eigenvalue weighted by Crippen LogP contribution is 2.63. The van der Waals surface area contributed by atoms with Crippen molar-refractivity contribution in [1.29, 1.82) is 0 Å². The van der Waals surface area contributed by atoms with Crippen molar-refractivity contribution in [3.63, 3.8) is 0 Å². The number of phosphoric acid groups is 4. The number of aromatic nitrogens is 12. The van der Waals surface area contributed by atoms with E-state index in [0.717, 1.165) is 45.2 Å². The molecule has 3 fully saturated rings. The van der Waals surface area contributed by atoms with Crippen LogP contribution >= 0.6 is 31.3 Å². The molecule has 3 saturated heterocycles. The van der Waals surface area contributed by atoms with Crippen LogP contribution in [0, 0.1) is 0 Å². The molecule has 9 heterocycles. The van der Waals surface area contributed by atoms with Crippen LogP contribution in [-0.2, 0) is 77.5 Å². The predicted molar refractivity (Wildman–Crippen MR) is 269 cm³/mol. The lowest BCUT2D eigenvalue weighted by Crippen LogP contribution is -2.46. The first kappa shape index (κ1) is 60.2. The van der Waals surface area contributed by atoms with Crippen LogP contribution in [0.15, 0.2) is 72.6 Å². The molecule has 85 heavy (non-hydrogen) atoms. The molecular formula is C42H45N15O24P4-4. The summed E-state index contributed by atoms with van der Waals surface area (Å²) in [5, 5.41) is 61.1. The van der Waals surface area contributed by atoms with Crippen LogP contribution in [0.1, 0.15) is 24.2 Å². The number of aryl methyl sites for hydroxylation is 1. The minimum Gasteiger partial charge on any atom is -0.856 e. The number of nitrogens with two attached hydrogens (primary N) is 2. The topological polar surface area (TPSA) is 563 Å². The van der Waals surface area contributed by atoms with Crippen LogP contribution in [0.5, 0.6) is 5.88 Å². The van der Waals surface area contributed by atoms with Crippen LogP contribution in [0.2, 0.25) is 0 Å². The Kier molecular flexibility index (Phi) is 16.3. The summed E-state index contributed by atoms with van der Waals surface area (Å²) in [5.41, 5.74) is 10.7.